The Morgan fingerprint density at radius 1 is 1.29 bits per heavy atom. The first kappa shape index (κ1) is 13.5. The van der Waals surface area contributed by atoms with Crippen LogP contribution in [0.2, 0.25) is 0 Å². The Hall–Kier alpha value is -0.510. The molecule has 0 spiro atoms. The fraction of sp³-hybridized carbons (Fsp3) is 0.875. The molecule has 5 nitrogen and oxygen atoms in total. The smallest absolute Gasteiger partial charge is 0.353 e. The molecule has 0 aliphatic rings. The Bertz CT molecular complexity index is 196. The van der Waals surface area contributed by atoms with Crippen LogP contribution in [0.15, 0.2) is 0 Å². The third-order valence-corrected chi connectivity index (χ3v) is 2.50. The summed E-state index contributed by atoms with van der Waals surface area (Å²) in [4.78, 5) is 20.3. The van der Waals surface area contributed by atoms with Crippen molar-refractivity contribution in [3.63, 3.8) is 0 Å². The van der Waals surface area contributed by atoms with Gasteiger partial charge in [-0.2, -0.15) is 4.89 Å². The van der Waals surface area contributed by atoms with E-state index in [9.17, 15) is 9.36 Å². The zero-order chi connectivity index (χ0) is 11.0. The zero-order valence-corrected chi connectivity index (χ0v) is 9.50. The number of carbonyl (C=O) groups is 1. The molecule has 0 saturated heterocycles. The maximum absolute atomic E-state index is 11.4. The van der Waals surface area contributed by atoms with E-state index >= 15 is 0 Å². The molecule has 1 atom stereocenters. The average molecular weight is 222 g/mol. The van der Waals surface area contributed by atoms with Crippen molar-refractivity contribution in [3.8, 4) is 0 Å². The van der Waals surface area contributed by atoms with Crippen molar-refractivity contribution in [1.82, 2.24) is 0 Å². The van der Waals surface area contributed by atoms with Crippen LogP contribution < -0.4 is 0 Å². The van der Waals surface area contributed by atoms with E-state index in [2.05, 4.69) is 9.78 Å². The molecule has 0 bridgehead atoms. The lowest BCUT2D eigenvalue weighted by molar-refractivity contribution is -0.280. The number of rotatable bonds is 7. The Morgan fingerprint density at radius 3 is 2.29 bits per heavy atom. The molecule has 6 heteroatoms. The molecule has 14 heavy (non-hydrogen) atoms. The number of carbonyl (C=O) groups excluding carboxylic acids is 1. The summed E-state index contributed by atoms with van der Waals surface area (Å²) in [6, 6.07) is 0. The van der Waals surface area contributed by atoms with Crippen LogP contribution >= 0.6 is 8.46 Å². The van der Waals surface area contributed by atoms with Gasteiger partial charge in [0.25, 0.3) is 0 Å². The third kappa shape index (κ3) is 3.33. The average Bonchev–Trinajstić information content (AvgIpc) is 2.22. The van der Waals surface area contributed by atoms with Gasteiger partial charge in [0.2, 0.25) is 13.8 Å². The molecule has 0 amide bonds. The zero-order valence-electron chi connectivity index (χ0n) is 8.61. The highest BCUT2D eigenvalue weighted by Crippen LogP contribution is 2.30. The predicted octanol–water partition coefficient (Wildman–Crippen LogP) is 1.92. The molecule has 0 aliphatic carbocycles. The van der Waals surface area contributed by atoms with Gasteiger partial charge >= 0.3 is 5.97 Å². The molecule has 0 radical (unpaired) electrons. The molecular formula is C8H15O5P. The van der Waals surface area contributed by atoms with Crippen molar-refractivity contribution < 1.29 is 23.9 Å². The molecule has 0 fully saturated rings. The standard InChI is InChI=1S/C8H15O5P/c1-4-8(14-10,11-5-2)7(9)13-12-6-3/h4-6H2,1-3H3. The summed E-state index contributed by atoms with van der Waals surface area (Å²) in [5.41, 5.74) is 0. The quantitative estimate of drug-likeness (QED) is 0.374. The van der Waals surface area contributed by atoms with Gasteiger partial charge in [0.05, 0.1) is 6.61 Å². The molecular weight excluding hydrogens is 207 g/mol. The second-order valence-corrected chi connectivity index (χ2v) is 3.34. The summed E-state index contributed by atoms with van der Waals surface area (Å²) in [6.07, 6.45) is 0.262. The van der Waals surface area contributed by atoms with Gasteiger partial charge in [0.15, 0.2) is 0 Å². The minimum atomic E-state index is -1.43. The molecule has 0 aromatic rings. The van der Waals surface area contributed by atoms with E-state index < -0.39 is 19.8 Å². The van der Waals surface area contributed by atoms with Gasteiger partial charge in [-0.25, -0.2) is 4.79 Å². The van der Waals surface area contributed by atoms with Crippen LogP contribution in [0.1, 0.15) is 27.2 Å². The highest BCUT2D eigenvalue weighted by atomic mass is 31.1. The van der Waals surface area contributed by atoms with E-state index in [1.54, 1.807) is 20.8 Å². The van der Waals surface area contributed by atoms with Crippen molar-refractivity contribution in [2.45, 2.75) is 32.5 Å². The third-order valence-electron chi connectivity index (χ3n) is 1.58. The van der Waals surface area contributed by atoms with Crippen molar-refractivity contribution in [2.24, 2.45) is 0 Å². The van der Waals surface area contributed by atoms with E-state index in [1.165, 1.54) is 0 Å². The Labute approximate surface area is 84.8 Å². The van der Waals surface area contributed by atoms with Gasteiger partial charge < -0.3 is 4.74 Å². The SMILES string of the molecule is CCOOC(=O)C(CC)(OCC)P=O. The summed E-state index contributed by atoms with van der Waals surface area (Å²) >= 11 is 0. The summed E-state index contributed by atoms with van der Waals surface area (Å²) in [6.45, 7) is 5.60. The summed E-state index contributed by atoms with van der Waals surface area (Å²) < 4.78 is 16.0. The largest absolute Gasteiger partial charge is 0.385 e. The van der Waals surface area contributed by atoms with Gasteiger partial charge in [-0.05, 0) is 20.3 Å². The summed E-state index contributed by atoms with van der Waals surface area (Å²) in [5.74, 6) is -0.764. The molecule has 82 valence electrons. The van der Waals surface area contributed by atoms with Crippen LogP contribution in [0, 0.1) is 0 Å². The van der Waals surface area contributed by atoms with Gasteiger partial charge in [-0.1, -0.05) is 6.92 Å². The van der Waals surface area contributed by atoms with E-state index in [4.69, 9.17) is 4.74 Å². The normalized spacial score (nSPS) is 15.1. The number of hydrogen-bond donors (Lipinski definition) is 0. The first-order valence-corrected chi connectivity index (χ1v) is 5.30. The molecule has 0 heterocycles. The monoisotopic (exact) mass is 222 g/mol. The molecule has 0 rings (SSSR count). The van der Waals surface area contributed by atoms with Crippen LogP contribution in [0.4, 0.5) is 0 Å². The summed E-state index contributed by atoms with van der Waals surface area (Å²) in [5, 5.41) is -1.43. The lowest BCUT2D eigenvalue weighted by Crippen LogP contribution is -2.37. The Balaban J connectivity index is 4.44. The van der Waals surface area contributed by atoms with Crippen LogP contribution in [0.25, 0.3) is 0 Å². The first-order valence-electron chi connectivity index (χ1n) is 4.49. The minimum Gasteiger partial charge on any atom is -0.353 e. The second-order valence-electron chi connectivity index (χ2n) is 2.44. The molecule has 0 aliphatic heterocycles. The lowest BCUT2D eigenvalue weighted by Gasteiger charge is -2.21. The van der Waals surface area contributed by atoms with Gasteiger partial charge in [0, 0.05) is 6.61 Å². The first-order chi connectivity index (χ1) is 6.66. The number of ether oxygens (including phenoxy) is 1. The highest BCUT2D eigenvalue weighted by Gasteiger charge is 2.41. The van der Waals surface area contributed by atoms with Gasteiger partial charge in [-0.3, -0.25) is 9.45 Å². The van der Waals surface area contributed by atoms with E-state index in [0.29, 0.717) is 0 Å². The van der Waals surface area contributed by atoms with Gasteiger partial charge in [0.1, 0.15) is 0 Å². The molecule has 1 unspecified atom stereocenters. The molecule has 0 N–H and O–H groups in total. The van der Waals surface area contributed by atoms with Gasteiger partial charge in [-0.15, -0.1) is 0 Å². The van der Waals surface area contributed by atoms with E-state index in [1.807, 2.05) is 0 Å². The van der Waals surface area contributed by atoms with Crippen LogP contribution in [-0.4, -0.2) is 24.5 Å². The molecule has 0 saturated carbocycles. The minimum absolute atomic E-state index is 0.243. The molecule has 0 aromatic carbocycles. The van der Waals surface area contributed by atoms with Crippen LogP contribution in [0.3, 0.4) is 0 Å². The topological polar surface area (TPSA) is 61.8 Å². The van der Waals surface area contributed by atoms with Crippen molar-refractivity contribution in [3.05, 3.63) is 0 Å². The summed E-state index contributed by atoms with van der Waals surface area (Å²) in [7, 11) is -0.418. The fourth-order valence-corrected chi connectivity index (χ4v) is 1.27. The lowest BCUT2D eigenvalue weighted by atomic mass is 10.3. The van der Waals surface area contributed by atoms with Crippen molar-refractivity contribution in [1.29, 1.82) is 0 Å². The van der Waals surface area contributed by atoms with Crippen molar-refractivity contribution >= 4 is 14.4 Å². The fourth-order valence-electron chi connectivity index (χ4n) is 0.850. The van der Waals surface area contributed by atoms with Crippen LogP contribution in [0.5, 0.6) is 0 Å². The van der Waals surface area contributed by atoms with E-state index in [0.717, 1.165) is 0 Å². The Morgan fingerprint density at radius 2 is 1.93 bits per heavy atom. The Kier molecular flexibility index (Phi) is 6.62. The van der Waals surface area contributed by atoms with Crippen molar-refractivity contribution in [2.75, 3.05) is 13.2 Å². The maximum Gasteiger partial charge on any atom is 0.385 e. The second kappa shape index (κ2) is 6.87. The van der Waals surface area contributed by atoms with Crippen LogP contribution in [-0.2, 0) is 23.9 Å². The number of hydrogen-bond acceptors (Lipinski definition) is 5. The highest BCUT2D eigenvalue weighted by molar-refractivity contribution is 7.27. The maximum atomic E-state index is 11.4. The molecule has 0 aromatic heterocycles. The predicted molar refractivity (Wildman–Crippen MR) is 50.0 cm³/mol. The van der Waals surface area contributed by atoms with E-state index in [-0.39, 0.29) is 19.6 Å².